The normalized spacial score (nSPS) is 17.1. The van der Waals surface area contributed by atoms with Crippen LogP contribution in [-0.2, 0) is 4.79 Å². The molecule has 1 amide bonds. The van der Waals surface area contributed by atoms with Gasteiger partial charge in [0.2, 0.25) is 5.91 Å². The molecule has 0 unspecified atom stereocenters. The number of nitrogens with zero attached hydrogens (tertiary/aromatic N) is 1. The van der Waals surface area contributed by atoms with E-state index in [-0.39, 0.29) is 5.91 Å². The Morgan fingerprint density at radius 1 is 1.50 bits per heavy atom. The highest BCUT2D eigenvalue weighted by Gasteiger charge is 2.16. The lowest BCUT2D eigenvalue weighted by molar-refractivity contribution is -0.130. The number of amides is 1. The topological polar surface area (TPSA) is 32.3 Å². The van der Waals surface area contributed by atoms with Crippen molar-refractivity contribution in [3.8, 4) is 0 Å². The summed E-state index contributed by atoms with van der Waals surface area (Å²) in [4.78, 5) is 13.7. The number of nitrogens with one attached hydrogen (secondary N) is 1. The second kappa shape index (κ2) is 7.44. The first-order chi connectivity index (χ1) is 7.77. The molecule has 3 heteroatoms. The van der Waals surface area contributed by atoms with Gasteiger partial charge in [0.1, 0.15) is 0 Å². The maximum atomic E-state index is 11.9. The van der Waals surface area contributed by atoms with Crippen molar-refractivity contribution in [1.82, 2.24) is 10.2 Å². The quantitative estimate of drug-likeness (QED) is 0.698. The van der Waals surface area contributed by atoms with Gasteiger partial charge in [-0.25, -0.2) is 0 Å². The molecule has 1 saturated heterocycles. The van der Waals surface area contributed by atoms with Crippen LogP contribution in [0.25, 0.3) is 0 Å². The monoisotopic (exact) mass is 224 g/mol. The molecule has 0 aromatic carbocycles. The van der Waals surface area contributed by atoms with Gasteiger partial charge in [-0.1, -0.05) is 6.08 Å². The highest BCUT2D eigenvalue weighted by molar-refractivity contribution is 5.76. The van der Waals surface area contributed by atoms with E-state index in [2.05, 4.69) is 11.9 Å². The van der Waals surface area contributed by atoms with Gasteiger partial charge in [-0.15, -0.1) is 6.58 Å². The minimum atomic E-state index is 0.279. The Morgan fingerprint density at radius 2 is 2.19 bits per heavy atom. The van der Waals surface area contributed by atoms with Crippen molar-refractivity contribution in [3.05, 3.63) is 12.7 Å². The van der Waals surface area contributed by atoms with Crippen molar-refractivity contribution >= 4 is 5.91 Å². The highest BCUT2D eigenvalue weighted by Crippen LogP contribution is 2.18. The first-order valence-electron chi connectivity index (χ1n) is 6.37. The minimum absolute atomic E-state index is 0.279. The Balaban J connectivity index is 2.24. The van der Waals surface area contributed by atoms with Crippen LogP contribution >= 0.6 is 0 Å². The van der Waals surface area contributed by atoms with Crippen molar-refractivity contribution in [3.63, 3.8) is 0 Å². The summed E-state index contributed by atoms with van der Waals surface area (Å²) >= 11 is 0. The van der Waals surface area contributed by atoms with E-state index >= 15 is 0 Å². The summed E-state index contributed by atoms with van der Waals surface area (Å²) < 4.78 is 0. The Bertz CT molecular complexity index is 222. The van der Waals surface area contributed by atoms with Crippen LogP contribution in [-0.4, -0.2) is 37.0 Å². The number of hydrogen-bond donors (Lipinski definition) is 1. The molecular weight excluding hydrogens is 200 g/mol. The van der Waals surface area contributed by atoms with Crippen LogP contribution in [0, 0.1) is 5.92 Å². The third-order valence-corrected chi connectivity index (χ3v) is 3.31. The zero-order valence-corrected chi connectivity index (χ0v) is 10.4. The zero-order valence-electron chi connectivity index (χ0n) is 10.4. The average Bonchev–Trinajstić information content (AvgIpc) is 2.34. The smallest absolute Gasteiger partial charge is 0.222 e. The molecule has 92 valence electrons. The molecule has 0 aromatic heterocycles. The molecule has 0 aromatic rings. The first-order valence-corrected chi connectivity index (χ1v) is 6.37. The molecule has 16 heavy (non-hydrogen) atoms. The number of carbonyl (C=O) groups is 1. The van der Waals surface area contributed by atoms with Crippen molar-refractivity contribution < 1.29 is 4.79 Å². The standard InChI is InChI=1S/C13H24N2O/c1-3-11-15(4-2)13(16)6-5-12-7-9-14-10-8-12/h3,12,14H,1,4-11H2,2H3. The fraction of sp³-hybridized carbons (Fsp3) is 0.769. The number of hydrogen-bond acceptors (Lipinski definition) is 2. The lowest BCUT2D eigenvalue weighted by atomic mass is 9.93. The highest BCUT2D eigenvalue weighted by atomic mass is 16.2. The molecule has 0 radical (unpaired) electrons. The molecule has 1 aliphatic heterocycles. The Labute approximate surface area is 98.9 Å². The average molecular weight is 224 g/mol. The molecule has 1 rings (SSSR count). The summed E-state index contributed by atoms with van der Waals surface area (Å²) in [6.07, 6.45) is 5.99. The van der Waals surface area contributed by atoms with Crippen LogP contribution in [0.1, 0.15) is 32.6 Å². The fourth-order valence-corrected chi connectivity index (χ4v) is 2.22. The summed E-state index contributed by atoms with van der Waals surface area (Å²) in [7, 11) is 0. The summed E-state index contributed by atoms with van der Waals surface area (Å²) in [5.41, 5.74) is 0. The van der Waals surface area contributed by atoms with E-state index < -0.39 is 0 Å². The molecule has 1 heterocycles. The van der Waals surface area contributed by atoms with E-state index in [4.69, 9.17) is 0 Å². The Hall–Kier alpha value is -0.830. The van der Waals surface area contributed by atoms with E-state index in [9.17, 15) is 4.79 Å². The molecule has 0 atom stereocenters. The van der Waals surface area contributed by atoms with Gasteiger partial charge >= 0.3 is 0 Å². The van der Waals surface area contributed by atoms with Gasteiger partial charge < -0.3 is 10.2 Å². The van der Waals surface area contributed by atoms with Crippen LogP contribution in [0.15, 0.2) is 12.7 Å². The van der Waals surface area contributed by atoms with Gasteiger partial charge in [0.25, 0.3) is 0 Å². The van der Waals surface area contributed by atoms with Gasteiger partial charge in [-0.05, 0) is 45.2 Å². The minimum Gasteiger partial charge on any atom is -0.339 e. The van der Waals surface area contributed by atoms with Gasteiger partial charge in [0.15, 0.2) is 0 Å². The lowest BCUT2D eigenvalue weighted by Crippen LogP contribution is -2.32. The summed E-state index contributed by atoms with van der Waals surface area (Å²) in [6, 6.07) is 0. The van der Waals surface area contributed by atoms with Crippen LogP contribution in [0.2, 0.25) is 0 Å². The number of rotatable bonds is 6. The van der Waals surface area contributed by atoms with Crippen LogP contribution in [0.5, 0.6) is 0 Å². The molecule has 0 spiro atoms. The van der Waals surface area contributed by atoms with E-state index in [1.54, 1.807) is 6.08 Å². The number of piperidine rings is 1. The van der Waals surface area contributed by atoms with E-state index in [0.29, 0.717) is 13.0 Å². The van der Waals surface area contributed by atoms with E-state index in [1.807, 2.05) is 11.8 Å². The molecule has 0 bridgehead atoms. The first kappa shape index (κ1) is 13.2. The molecule has 3 nitrogen and oxygen atoms in total. The zero-order chi connectivity index (χ0) is 11.8. The van der Waals surface area contributed by atoms with Crippen molar-refractivity contribution in [1.29, 1.82) is 0 Å². The molecule has 1 fully saturated rings. The van der Waals surface area contributed by atoms with Crippen molar-refractivity contribution in [2.75, 3.05) is 26.2 Å². The third-order valence-electron chi connectivity index (χ3n) is 3.31. The molecule has 1 N–H and O–H groups in total. The summed E-state index contributed by atoms with van der Waals surface area (Å²) in [5.74, 6) is 1.02. The van der Waals surface area contributed by atoms with Crippen molar-refractivity contribution in [2.45, 2.75) is 32.6 Å². The van der Waals surface area contributed by atoms with Crippen molar-refractivity contribution in [2.24, 2.45) is 5.92 Å². The van der Waals surface area contributed by atoms with Crippen LogP contribution in [0.3, 0.4) is 0 Å². The largest absolute Gasteiger partial charge is 0.339 e. The van der Waals surface area contributed by atoms with Gasteiger partial charge in [0, 0.05) is 19.5 Å². The predicted molar refractivity (Wildman–Crippen MR) is 67.3 cm³/mol. The molecule has 0 saturated carbocycles. The molecular formula is C13H24N2O. The maximum Gasteiger partial charge on any atom is 0.222 e. The second-order valence-electron chi connectivity index (χ2n) is 4.45. The van der Waals surface area contributed by atoms with Crippen LogP contribution in [0.4, 0.5) is 0 Å². The lowest BCUT2D eigenvalue weighted by Gasteiger charge is -2.24. The maximum absolute atomic E-state index is 11.9. The van der Waals surface area contributed by atoms with E-state index in [1.165, 1.54) is 12.8 Å². The third kappa shape index (κ3) is 4.35. The Kier molecular flexibility index (Phi) is 6.16. The summed E-state index contributed by atoms with van der Waals surface area (Å²) in [5, 5.41) is 3.35. The molecule has 0 aliphatic carbocycles. The van der Waals surface area contributed by atoms with E-state index in [0.717, 1.165) is 32.0 Å². The van der Waals surface area contributed by atoms with Gasteiger partial charge in [-0.2, -0.15) is 0 Å². The number of likely N-dealkylation sites (N-methyl/N-ethyl adjacent to an activating group) is 1. The van der Waals surface area contributed by atoms with Gasteiger partial charge in [-0.3, -0.25) is 4.79 Å². The Morgan fingerprint density at radius 3 is 2.75 bits per heavy atom. The van der Waals surface area contributed by atoms with Crippen LogP contribution < -0.4 is 5.32 Å². The fourth-order valence-electron chi connectivity index (χ4n) is 2.22. The molecule has 1 aliphatic rings. The number of carbonyl (C=O) groups excluding carboxylic acids is 1. The summed E-state index contributed by atoms with van der Waals surface area (Å²) in [6.45, 7) is 9.40. The second-order valence-corrected chi connectivity index (χ2v) is 4.45. The van der Waals surface area contributed by atoms with Gasteiger partial charge in [0.05, 0.1) is 0 Å². The SMILES string of the molecule is C=CCN(CC)C(=O)CCC1CCNCC1. The predicted octanol–water partition coefficient (Wildman–Crippen LogP) is 1.80.